The number of nitrogens with zero attached hydrogens (tertiary/aromatic N) is 2. The molecule has 0 unspecified atom stereocenters. The minimum absolute atomic E-state index is 0. The molecular formula is C20H11N2NaO5S. The summed E-state index contributed by atoms with van der Waals surface area (Å²) < 4.78 is 45.9. The van der Waals surface area contributed by atoms with Crippen molar-refractivity contribution in [1.29, 1.82) is 0 Å². The molecule has 2 aromatic carbocycles. The van der Waals surface area contributed by atoms with Crippen LogP contribution in [0.1, 0.15) is 0 Å². The Morgan fingerprint density at radius 1 is 0.793 bits per heavy atom. The second-order valence-electron chi connectivity index (χ2n) is 6.15. The first-order valence-corrected chi connectivity index (χ1v) is 9.70. The Kier molecular flexibility index (Phi) is 5.05. The third-order valence-electron chi connectivity index (χ3n) is 4.40. The molecule has 7 nitrogen and oxygen atoms in total. The van der Waals surface area contributed by atoms with Crippen LogP contribution in [0.5, 0.6) is 0 Å². The fourth-order valence-electron chi connectivity index (χ4n) is 3.19. The molecule has 0 radical (unpaired) electrons. The van der Waals surface area contributed by atoms with E-state index in [4.69, 9.17) is 8.83 Å². The number of aromatic nitrogens is 2. The van der Waals surface area contributed by atoms with Crippen molar-refractivity contribution >= 4 is 31.9 Å². The second kappa shape index (κ2) is 7.40. The Morgan fingerprint density at radius 3 is 1.90 bits per heavy atom. The number of furan rings is 2. The predicted octanol–water partition coefficient (Wildman–Crippen LogP) is 1.21. The number of hydrogen-bond donors (Lipinski definition) is 0. The van der Waals surface area contributed by atoms with E-state index in [1.54, 1.807) is 48.7 Å². The van der Waals surface area contributed by atoms with E-state index >= 15 is 0 Å². The van der Waals surface area contributed by atoms with Crippen LogP contribution < -0.4 is 29.6 Å². The summed E-state index contributed by atoms with van der Waals surface area (Å²) in [6.07, 6.45) is 3.06. The summed E-state index contributed by atoms with van der Waals surface area (Å²) in [5.41, 5.74) is 1.92. The van der Waals surface area contributed by atoms with Crippen LogP contribution in [-0.4, -0.2) is 22.9 Å². The largest absolute Gasteiger partial charge is 1.00 e. The average molecular weight is 414 g/mol. The van der Waals surface area contributed by atoms with Crippen LogP contribution in [0.3, 0.4) is 0 Å². The third kappa shape index (κ3) is 3.50. The molecule has 29 heavy (non-hydrogen) atoms. The number of hydrogen-bond acceptors (Lipinski definition) is 7. The van der Waals surface area contributed by atoms with Crippen LogP contribution in [0.15, 0.2) is 80.9 Å². The molecule has 0 saturated carbocycles. The van der Waals surface area contributed by atoms with Gasteiger partial charge in [-0.1, -0.05) is 12.1 Å². The van der Waals surface area contributed by atoms with Gasteiger partial charge in [-0.05, 0) is 47.9 Å². The van der Waals surface area contributed by atoms with Crippen LogP contribution in [0, 0.1) is 0 Å². The van der Waals surface area contributed by atoms with Gasteiger partial charge in [-0.25, -0.2) is 18.4 Å². The Bertz CT molecular complexity index is 1430. The van der Waals surface area contributed by atoms with E-state index in [2.05, 4.69) is 9.97 Å². The first kappa shape index (κ1) is 19.8. The van der Waals surface area contributed by atoms with E-state index in [-0.39, 0.29) is 34.5 Å². The summed E-state index contributed by atoms with van der Waals surface area (Å²) >= 11 is 0. The maximum Gasteiger partial charge on any atom is 1.00 e. The molecule has 0 atom stereocenters. The van der Waals surface area contributed by atoms with Crippen molar-refractivity contribution in [3.8, 4) is 22.9 Å². The Labute approximate surface area is 187 Å². The molecule has 0 fully saturated rings. The van der Waals surface area contributed by atoms with Crippen LogP contribution >= 0.6 is 0 Å². The summed E-state index contributed by atoms with van der Waals surface area (Å²) in [4.78, 5) is 9.02. The number of benzene rings is 2. The predicted molar refractivity (Wildman–Crippen MR) is 100 cm³/mol. The van der Waals surface area contributed by atoms with Gasteiger partial charge in [-0.15, -0.1) is 0 Å². The molecule has 0 aliphatic rings. The molecule has 0 aliphatic heterocycles. The summed E-state index contributed by atoms with van der Waals surface area (Å²) in [5.74, 6) is 1.02. The average Bonchev–Trinajstić information content (AvgIpc) is 3.37. The molecule has 0 aliphatic carbocycles. The summed E-state index contributed by atoms with van der Waals surface area (Å²) in [7, 11) is -4.63. The van der Waals surface area contributed by atoms with Crippen molar-refractivity contribution in [3.63, 3.8) is 0 Å². The van der Waals surface area contributed by atoms with Gasteiger partial charge in [0, 0.05) is 5.39 Å². The van der Waals surface area contributed by atoms with Gasteiger partial charge in [0.25, 0.3) is 0 Å². The van der Waals surface area contributed by atoms with Gasteiger partial charge in [0.05, 0.1) is 28.5 Å². The molecule has 5 aromatic rings. The van der Waals surface area contributed by atoms with Crippen LogP contribution in [0.25, 0.3) is 44.7 Å². The Morgan fingerprint density at radius 2 is 1.38 bits per heavy atom. The zero-order valence-corrected chi connectivity index (χ0v) is 18.0. The summed E-state index contributed by atoms with van der Waals surface area (Å²) in [5, 5.41) is 0.880. The van der Waals surface area contributed by atoms with E-state index in [9.17, 15) is 13.0 Å². The normalized spacial score (nSPS) is 11.6. The minimum atomic E-state index is -4.63. The van der Waals surface area contributed by atoms with Gasteiger partial charge >= 0.3 is 29.6 Å². The SMILES string of the molecule is O=S(=O)([O-])c1cccc2cc3nc(-c4ccco4)c(-c4ccco4)nc3cc12.[Na+]. The monoisotopic (exact) mass is 414 g/mol. The van der Waals surface area contributed by atoms with Crippen molar-refractivity contribution in [3.05, 3.63) is 67.1 Å². The molecule has 0 saturated heterocycles. The van der Waals surface area contributed by atoms with Gasteiger partial charge in [-0.2, -0.15) is 0 Å². The first-order valence-electron chi connectivity index (χ1n) is 8.29. The van der Waals surface area contributed by atoms with Gasteiger partial charge in [0.1, 0.15) is 21.5 Å². The van der Waals surface area contributed by atoms with E-state index in [0.717, 1.165) is 0 Å². The zero-order chi connectivity index (χ0) is 19.3. The second-order valence-corrected chi connectivity index (χ2v) is 7.50. The molecule has 5 rings (SSSR count). The van der Waals surface area contributed by atoms with Gasteiger partial charge < -0.3 is 13.4 Å². The van der Waals surface area contributed by atoms with Gasteiger partial charge in [0.2, 0.25) is 0 Å². The van der Waals surface area contributed by atoms with Crippen molar-refractivity contribution in [1.82, 2.24) is 9.97 Å². The Balaban J connectivity index is 0.00000205. The van der Waals surface area contributed by atoms with Crippen molar-refractivity contribution in [2.24, 2.45) is 0 Å². The van der Waals surface area contributed by atoms with E-state index in [1.165, 1.54) is 18.4 Å². The summed E-state index contributed by atoms with van der Waals surface area (Å²) in [6, 6.07) is 14.8. The molecule has 138 valence electrons. The molecule has 3 aromatic heterocycles. The van der Waals surface area contributed by atoms with Crippen molar-refractivity contribution < 1.29 is 51.4 Å². The smallest absolute Gasteiger partial charge is 0.744 e. The van der Waals surface area contributed by atoms with E-state index < -0.39 is 10.1 Å². The maximum absolute atomic E-state index is 11.6. The fourth-order valence-corrected chi connectivity index (χ4v) is 3.88. The molecule has 9 heteroatoms. The molecule has 0 spiro atoms. The van der Waals surface area contributed by atoms with E-state index in [1.807, 2.05) is 0 Å². The van der Waals surface area contributed by atoms with Gasteiger partial charge in [-0.3, -0.25) is 0 Å². The van der Waals surface area contributed by atoms with Crippen LogP contribution in [-0.2, 0) is 10.1 Å². The van der Waals surface area contributed by atoms with Gasteiger partial charge in [0.15, 0.2) is 11.5 Å². The van der Waals surface area contributed by atoms with Crippen LogP contribution in [0.2, 0.25) is 0 Å². The number of fused-ring (bicyclic) bond motifs is 2. The molecular weight excluding hydrogens is 403 g/mol. The zero-order valence-electron chi connectivity index (χ0n) is 15.2. The quantitative estimate of drug-likeness (QED) is 0.248. The maximum atomic E-state index is 11.6. The van der Waals surface area contributed by atoms with Crippen LogP contribution in [0.4, 0.5) is 0 Å². The fraction of sp³-hybridized carbons (Fsp3) is 0. The molecule has 0 bridgehead atoms. The van der Waals surface area contributed by atoms with Crippen molar-refractivity contribution in [2.75, 3.05) is 0 Å². The summed E-state index contributed by atoms with van der Waals surface area (Å²) in [6.45, 7) is 0. The topological polar surface area (TPSA) is 109 Å². The molecule has 3 heterocycles. The third-order valence-corrected chi connectivity index (χ3v) is 5.30. The van der Waals surface area contributed by atoms with Crippen molar-refractivity contribution in [2.45, 2.75) is 4.90 Å². The van der Waals surface area contributed by atoms with E-state index in [0.29, 0.717) is 44.7 Å². The molecule has 0 amide bonds. The first-order chi connectivity index (χ1) is 13.5. The minimum Gasteiger partial charge on any atom is -0.744 e. The standard InChI is InChI=1S/C20H12N2O5S.Na/c23-28(24,25)18-7-1-4-12-10-14-15(11-13(12)18)22-20(17-6-3-9-27-17)19(21-14)16-5-2-8-26-16;/h1-11H,(H,23,24,25);/q;+1/p-1. The molecule has 0 N–H and O–H groups in total. The Hall–Kier alpha value is -2.49. The number of rotatable bonds is 3.